The van der Waals surface area contributed by atoms with Crippen LogP contribution in [0, 0.1) is 0 Å². The maximum absolute atomic E-state index is 12.6. The highest BCUT2D eigenvalue weighted by Crippen LogP contribution is 2.21. The Hall–Kier alpha value is -2.22. The predicted octanol–water partition coefficient (Wildman–Crippen LogP) is 3.71. The van der Waals surface area contributed by atoms with Crippen molar-refractivity contribution in [3.05, 3.63) is 65.2 Å². The summed E-state index contributed by atoms with van der Waals surface area (Å²) in [6, 6.07) is 15.5. The van der Waals surface area contributed by atoms with Gasteiger partial charge in [-0.1, -0.05) is 42.8 Å². The first kappa shape index (κ1) is 23.9. The zero-order valence-corrected chi connectivity index (χ0v) is 20.2. The van der Waals surface area contributed by atoms with Crippen molar-refractivity contribution < 1.29 is 13.2 Å². The summed E-state index contributed by atoms with van der Waals surface area (Å²) in [6.45, 7) is 5.11. The normalized spacial score (nSPS) is 17.8. The average molecular weight is 470 g/mol. The smallest absolute Gasteiger partial charge is 0.243 e. The van der Waals surface area contributed by atoms with Crippen LogP contribution in [0.2, 0.25) is 0 Å². The number of piperidine rings is 1. The maximum Gasteiger partial charge on any atom is 0.243 e. The van der Waals surface area contributed by atoms with Crippen molar-refractivity contribution in [3.63, 3.8) is 0 Å². The SMILES string of the molecule is O=C(CCc1ccc(S(=O)(=O)N2CCCC2)cc1)NCc1ccc(CN2CCCCC2)cc1. The minimum Gasteiger partial charge on any atom is -0.352 e. The van der Waals surface area contributed by atoms with E-state index >= 15 is 0 Å². The lowest BCUT2D eigenvalue weighted by Gasteiger charge is -2.26. The van der Waals surface area contributed by atoms with Gasteiger partial charge in [0.1, 0.15) is 0 Å². The van der Waals surface area contributed by atoms with Gasteiger partial charge >= 0.3 is 0 Å². The van der Waals surface area contributed by atoms with Gasteiger partial charge in [-0.05, 0) is 74.0 Å². The quantitative estimate of drug-likeness (QED) is 0.608. The molecule has 2 fully saturated rings. The van der Waals surface area contributed by atoms with Crippen molar-refractivity contribution in [1.29, 1.82) is 0 Å². The van der Waals surface area contributed by atoms with Crippen LogP contribution in [0.5, 0.6) is 0 Å². The fourth-order valence-electron chi connectivity index (χ4n) is 4.59. The molecule has 2 saturated heterocycles. The number of likely N-dealkylation sites (tertiary alicyclic amines) is 1. The molecule has 33 heavy (non-hydrogen) atoms. The van der Waals surface area contributed by atoms with Gasteiger partial charge in [-0.15, -0.1) is 0 Å². The molecule has 0 bridgehead atoms. The van der Waals surface area contributed by atoms with Crippen LogP contribution in [0.1, 0.15) is 55.2 Å². The monoisotopic (exact) mass is 469 g/mol. The van der Waals surface area contributed by atoms with Gasteiger partial charge in [-0.25, -0.2) is 8.42 Å². The minimum absolute atomic E-state index is 0.00107. The highest BCUT2D eigenvalue weighted by atomic mass is 32.2. The van der Waals surface area contributed by atoms with Crippen LogP contribution < -0.4 is 5.32 Å². The topological polar surface area (TPSA) is 69.7 Å². The number of nitrogens with zero attached hydrogens (tertiary/aromatic N) is 2. The summed E-state index contributed by atoms with van der Waals surface area (Å²) in [5.41, 5.74) is 3.39. The van der Waals surface area contributed by atoms with Crippen molar-refractivity contribution in [1.82, 2.24) is 14.5 Å². The summed E-state index contributed by atoms with van der Waals surface area (Å²) in [7, 11) is -3.39. The van der Waals surface area contributed by atoms with Gasteiger partial charge < -0.3 is 5.32 Å². The molecule has 2 aromatic carbocycles. The number of carbonyl (C=O) groups excluding carboxylic acids is 1. The molecule has 7 heteroatoms. The number of rotatable bonds is 9. The lowest BCUT2D eigenvalue weighted by Crippen LogP contribution is -2.29. The fourth-order valence-corrected chi connectivity index (χ4v) is 6.11. The van der Waals surface area contributed by atoms with Crippen LogP contribution in [-0.4, -0.2) is 49.7 Å². The second kappa shape index (κ2) is 11.3. The van der Waals surface area contributed by atoms with E-state index in [-0.39, 0.29) is 5.91 Å². The van der Waals surface area contributed by atoms with Gasteiger partial charge in [0.15, 0.2) is 0 Å². The standard InChI is InChI=1S/C26H35N3O3S/c30-26(27-20-23-6-8-24(9-7-23)21-28-16-2-1-3-17-28)15-12-22-10-13-25(14-11-22)33(31,32)29-18-4-5-19-29/h6-11,13-14H,1-5,12,15-21H2,(H,27,30). The van der Waals surface area contributed by atoms with Gasteiger partial charge in [-0.3, -0.25) is 9.69 Å². The zero-order valence-electron chi connectivity index (χ0n) is 19.3. The lowest BCUT2D eigenvalue weighted by molar-refractivity contribution is -0.121. The molecule has 0 aliphatic carbocycles. The Morgan fingerprint density at radius 2 is 1.33 bits per heavy atom. The molecule has 4 rings (SSSR count). The number of hydrogen-bond donors (Lipinski definition) is 1. The van der Waals surface area contributed by atoms with Crippen molar-refractivity contribution in [2.45, 2.75) is 62.9 Å². The Labute approximate surface area is 198 Å². The van der Waals surface area contributed by atoms with Crippen LogP contribution in [0.15, 0.2) is 53.4 Å². The average Bonchev–Trinajstić information content (AvgIpc) is 3.39. The van der Waals surface area contributed by atoms with E-state index in [0.29, 0.717) is 37.4 Å². The van der Waals surface area contributed by atoms with E-state index in [1.54, 1.807) is 16.4 Å². The summed E-state index contributed by atoms with van der Waals surface area (Å²) in [5.74, 6) is 0.00107. The summed E-state index contributed by atoms with van der Waals surface area (Å²) >= 11 is 0. The number of nitrogens with one attached hydrogen (secondary N) is 1. The maximum atomic E-state index is 12.6. The highest BCUT2D eigenvalue weighted by Gasteiger charge is 2.26. The fraction of sp³-hybridized carbons (Fsp3) is 0.500. The van der Waals surface area contributed by atoms with Gasteiger partial charge in [0, 0.05) is 32.6 Å². The minimum atomic E-state index is -3.39. The van der Waals surface area contributed by atoms with Crippen molar-refractivity contribution in [3.8, 4) is 0 Å². The number of benzene rings is 2. The largest absolute Gasteiger partial charge is 0.352 e. The molecular weight excluding hydrogens is 434 g/mol. The molecule has 0 atom stereocenters. The third-order valence-corrected chi connectivity index (χ3v) is 8.55. The molecule has 0 saturated carbocycles. The van der Waals surface area contributed by atoms with Crippen LogP contribution in [0.4, 0.5) is 0 Å². The molecule has 1 amide bonds. The van der Waals surface area contributed by atoms with Crippen LogP contribution in [0.25, 0.3) is 0 Å². The Balaban J connectivity index is 1.20. The van der Waals surface area contributed by atoms with Gasteiger partial charge in [0.25, 0.3) is 0 Å². The van der Waals surface area contributed by atoms with E-state index < -0.39 is 10.0 Å². The Bertz CT molecular complexity index is 1010. The number of carbonyl (C=O) groups is 1. The van der Waals surface area contributed by atoms with Crippen LogP contribution in [-0.2, 0) is 34.3 Å². The van der Waals surface area contributed by atoms with E-state index in [1.807, 2.05) is 12.1 Å². The number of sulfonamides is 1. The Morgan fingerprint density at radius 1 is 0.758 bits per heavy atom. The lowest BCUT2D eigenvalue weighted by atomic mass is 10.1. The molecule has 2 heterocycles. The number of aryl methyl sites for hydroxylation is 1. The first-order valence-corrected chi connectivity index (χ1v) is 13.6. The van der Waals surface area contributed by atoms with Crippen LogP contribution in [0.3, 0.4) is 0 Å². The molecule has 0 radical (unpaired) electrons. The molecular formula is C26H35N3O3S. The van der Waals surface area contributed by atoms with Gasteiger partial charge in [0.05, 0.1) is 4.90 Å². The summed E-state index contributed by atoms with van der Waals surface area (Å²) in [4.78, 5) is 15.1. The molecule has 6 nitrogen and oxygen atoms in total. The highest BCUT2D eigenvalue weighted by molar-refractivity contribution is 7.89. The third kappa shape index (κ3) is 6.65. The molecule has 0 spiro atoms. The first-order chi connectivity index (χ1) is 16.0. The molecule has 2 aliphatic heterocycles. The Kier molecular flexibility index (Phi) is 8.17. The van der Waals surface area contributed by atoms with E-state index in [9.17, 15) is 13.2 Å². The second-order valence-electron chi connectivity index (χ2n) is 9.19. The summed E-state index contributed by atoms with van der Waals surface area (Å²) in [6.07, 6.45) is 6.76. The molecule has 2 aliphatic rings. The predicted molar refractivity (Wildman–Crippen MR) is 130 cm³/mol. The molecule has 0 aromatic heterocycles. The van der Waals surface area contributed by atoms with E-state index in [1.165, 1.54) is 37.9 Å². The molecule has 178 valence electrons. The van der Waals surface area contributed by atoms with Crippen molar-refractivity contribution in [2.75, 3.05) is 26.2 Å². The van der Waals surface area contributed by atoms with Crippen molar-refractivity contribution in [2.24, 2.45) is 0 Å². The summed E-state index contributed by atoms with van der Waals surface area (Å²) in [5, 5.41) is 2.99. The molecule has 0 unspecified atom stereocenters. The summed E-state index contributed by atoms with van der Waals surface area (Å²) < 4.78 is 26.8. The third-order valence-electron chi connectivity index (χ3n) is 6.63. The number of hydrogen-bond acceptors (Lipinski definition) is 4. The molecule has 1 N–H and O–H groups in total. The van der Waals surface area contributed by atoms with Crippen LogP contribution >= 0.6 is 0 Å². The van der Waals surface area contributed by atoms with Gasteiger partial charge in [-0.2, -0.15) is 4.31 Å². The molecule has 2 aromatic rings. The zero-order chi connectivity index (χ0) is 23.1. The van der Waals surface area contributed by atoms with Crippen molar-refractivity contribution >= 4 is 15.9 Å². The number of amides is 1. The van der Waals surface area contributed by atoms with E-state index in [4.69, 9.17) is 0 Å². The Morgan fingerprint density at radius 3 is 2.00 bits per heavy atom. The van der Waals surface area contributed by atoms with E-state index in [2.05, 4.69) is 34.5 Å². The van der Waals surface area contributed by atoms with Gasteiger partial charge in [0.2, 0.25) is 15.9 Å². The second-order valence-corrected chi connectivity index (χ2v) is 11.1. The first-order valence-electron chi connectivity index (χ1n) is 12.2. The van der Waals surface area contributed by atoms with E-state index in [0.717, 1.165) is 30.5 Å².